The van der Waals surface area contributed by atoms with Gasteiger partial charge >= 0.3 is 0 Å². The van der Waals surface area contributed by atoms with Gasteiger partial charge in [-0.05, 0) is 6.92 Å². The summed E-state index contributed by atoms with van der Waals surface area (Å²) in [6, 6.07) is 0. The second-order valence-corrected chi connectivity index (χ2v) is 5.55. The third-order valence-corrected chi connectivity index (χ3v) is 3.56. The van der Waals surface area contributed by atoms with Gasteiger partial charge in [-0.2, -0.15) is 0 Å². The van der Waals surface area contributed by atoms with Crippen molar-refractivity contribution in [2.45, 2.75) is 19.8 Å². The maximum Gasteiger partial charge on any atom is 0.195 e. The summed E-state index contributed by atoms with van der Waals surface area (Å²) in [5.41, 5.74) is 1.10. The second-order valence-electron chi connectivity index (χ2n) is 4.66. The van der Waals surface area contributed by atoms with Crippen LogP contribution in [0.4, 0.5) is 0 Å². The van der Waals surface area contributed by atoms with Crippen molar-refractivity contribution in [2.75, 3.05) is 34.7 Å². The standard InChI is InChI=1S/C12H22N4S.HI/c1-9(11-14-10(2)8-17-11)7-13-12(15(3)4)16(5)6;/h8-9H,7H2,1-6H3;1H. The van der Waals surface area contributed by atoms with E-state index in [4.69, 9.17) is 0 Å². The lowest BCUT2D eigenvalue weighted by molar-refractivity contribution is 0.477. The summed E-state index contributed by atoms with van der Waals surface area (Å²) in [7, 11) is 8.04. The predicted octanol–water partition coefficient (Wildman–Crippen LogP) is 2.65. The molecule has 0 aliphatic carbocycles. The highest BCUT2D eigenvalue weighted by Gasteiger charge is 2.10. The van der Waals surface area contributed by atoms with Gasteiger partial charge in [-0.25, -0.2) is 4.98 Å². The average molecular weight is 382 g/mol. The average Bonchev–Trinajstić information content (AvgIpc) is 2.63. The number of guanidine groups is 1. The highest BCUT2D eigenvalue weighted by Crippen LogP contribution is 2.19. The molecule has 0 aliphatic heterocycles. The molecule has 0 N–H and O–H groups in total. The summed E-state index contributed by atoms with van der Waals surface area (Å²) < 4.78 is 0. The fraction of sp³-hybridized carbons (Fsp3) is 0.667. The number of halogens is 1. The van der Waals surface area contributed by atoms with E-state index in [1.165, 1.54) is 5.01 Å². The lowest BCUT2D eigenvalue weighted by Crippen LogP contribution is -2.35. The zero-order valence-electron chi connectivity index (χ0n) is 12.0. The van der Waals surface area contributed by atoms with Gasteiger partial charge in [-0.15, -0.1) is 35.3 Å². The highest BCUT2D eigenvalue weighted by molar-refractivity contribution is 14.0. The van der Waals surface area contributed by atoms with E-state index in [1.807, 2.05) is 44.9 Å². The number of aryl methyl sites for hydroxylation is 1. The Hall–Kier alpha value is -0.370. The van der Waals surface area contributed by atoms with Crippen LogP contribution in [-0.2, 0) is 0 Å². The van der Waals surface area contributed by atoms with Crippen molar-refractivity contribution in [1.29, 1.82) is 0 Å². The Morgan fingerprint density at radius 2 is 1.89 bits per heavy atom. The first-order chi connectivity index (χ1) is 7.91. The molecule has 0 saturated carbocycles. The minimum absolute atomic E-state index is 0. The first-order valence-electron chi connectivity index (χ1n) is 5.73. The third kappa shape index (κ3) is 5.09. The molecule has 18 heavy (non-hydrogen) atoms. The maximum atomic E-state index is 4.64. The Kier molecular flexibility index (Phi) is 7.77. The molecule has 104 valence electrons. The van der Waals surface area contributed by atoms with Crippen molar-refractivity contribution in [3.05, 3.63) is 16.1 Å². The molecule has 1 atom stereocenters. The molecule has 0 radical (unpaired) electrons. The summed E-state index contributed by atoms with van der Waals surface area (Å²) in [4.78, 5) is 13.2. The number of hydrogen-bond acceptors (Lipinski definition) is 3. The van der Waals surface area contributed by atoms with Gasteiger partial charge in [0, 0.05) is 45.2 Å². The molecule has 0 aliphatic rings. The van der Waals surface area contributed by atoms with E-state index < -0.39 is 0 Å². The van der Waals surface area contributed by atoms with Crippen molar-refractivity contribution < 1.29 is 0 Å². The summed E-state index contributed by atoms with van der Waals surface area (Å²) in [5, 5.41) is 3.26. The second kappa shape index (κ2) is 7.93. The Balaban J connectivity index is 0.00000289. The van der Waals surface area contributed by atoms with Crippen LogP contribution in [0.15, 0.2) is 10.4 Å². The van der Waals surface area contributed by atoms with Crippen LogP contribution in [-0.4, -0.2) is 55.5 Å². The van der Waals surface area contributed by atoms with Gasteiger partial charge in [-0.1, -0.05) is 6.92 Å². The van der Waals surface area contributed by atoms with E-state index in [1.54, 1.807) is 11.3 Å². The monoisotopic (exact) mass is 382 g/mol. The van der Waals surface area contributed by atoms with Gasteiger partial charge in [0.15, 0.2) is 5.96 Å². The van der Waals surface area contributed by atoms with Crippen LogP contribution in [0.2, 0.25) is 0 Å². The molecule has 0 fully saturated rings. The van der Waals surface area contributed by atoms with Crippen LogP contribution in [0.25, 0.3) is 0 Å². The number of aromatic nitrogens is 1. The van der Waals surface area contributed by atoms with E-state index in [9.17, 15) is 0 Å². The van der Waals surface area contributed by atoms with E-state index in [0.717, 1.165) is 18.2 Å². The van der Waals surface area contributed by atoms with Crippen molar-refractivity contribution in [3.63, 3.8) is 0 Å². The molecule has 0 spiro atoms. The molecule has 0 saturated heterocycles. The van der Waals surface area contributed by atoms with Crippen LogP contribution in [0.5, 0.6) is 0 Å². The molecule has 6 heteroatoms. The molecule has 0 amide bonds. The molecular formula is C12H23IN4S. The summed E-state index contributed by atoms with van der Waals surface area (Å²) in [5.74, 6) is 1.37. The molecule has 0 bridgehead atoms. The summed E-state index contributed by atoms with van der Waals surface area (Å²) in [6.07, 6.45) is 0. The topological polar surface area (TPSA) is 31.7 Å². The van der Waals surface area contributed by atoms with E-state index >= 15 is 0 Å². The Morgan fingerprint density at radius 3 is 2.28 bits per heavy atom. The van der Waals surface area contributed by atoms with Crippen LogP contribution in [0.3, 0.4) is 0 Å². The molecule has 1 unspecified atom stereocenters. The minimum atomic E-state index is 0. The largest absolute Gasteiger partial charge is 0.349 e. The fourth-order valence-electron chi connectivity index (χ4n) is 1.58. The van der Waals surface area contributed by atoms with Crippen molar-refractivity contribution in [1.82, 2.24) is 14.8 Å². The van der Waals surface area contributed by atoms with Gasteiger partial charge in [0.25, 0.3) is 0 Å². The fourth-order valence-corrected chi connectivity index (χ4v) is 2.43. The molecular weight excluding hydrogens is 359 g/mol. The molecule has 1 aromatic rings. The van der Waals surface area contributed by atoms with E-state index in [2.05, 4.69) is 22.3 Å². The smallest absolute Gasteiger partial charge is 0.195 e. The minimum Gasteiger partial charge on any atom is -0.349 e. The van der Waals surface area contributed by atoms with E-state index in [0.29, 0.717) is 5.92 Å². The molecule has 0 aromatic carbocycles. The van der Waals surface area contributed by atoms with Gasteiger partial charge in [0.1, 0.15) is 0 Å². The molecule has 1 heterocycles. The van der Waals surface area contributed by atoms with Gasteiger partial charge < -0.3 is 9.80 Å². The van der Waals surface area contributed by atoms with E-state index in [-0.39, 0.29) is 24.0 Å². The number of rotatable bonds is 3. The molecule has 4 nitrogen and oxygen atoms in total. The summed E-state index contributed by atoms with van der Waals surface area (Å²) in [6.45, 7) is 4.98. The van der Waals surface area contributed by atoms with Gasteiger partial charge in [0.05, 0.1) is 11.6 Å². The number of nitrogens with zero attached hydrogens (tertiary/aromatic N) is 4. The third-order valence-electron chi connectivity index (χ3n) is 2.36. The highest BCUT2D eigenvalue weighted by atomic mass is 127. The van der Waals surface area contributed by atoms with Gasteiger partial charge in [0.2, 0.25) is 0 Å². The number of hydrogen-bond donors (Lipinski definition) is 0. The number of thiazole rings is 1. The Morgan fingerprint density at radius 1 is 1.33 bits per heavy atom. The van der Waals surface area contributed by atoms with Crippen molar-refractivity contribution in [2.24, 2.45) is 4.99 Å². The Labute approximate surface area is 131 Å². The lowest BCUT2D eigenvalue weighted by atomic mass is 10.2. The van der Waals surface area contributed by atoms with Crippen LogP contribution >= 0.6 is 35.3 Å². The first-order valence-corrected chi connectivity index (χ1v) is 6.61. The van der Waals surface area contributed by atoms with Crippen LogP contribution in [0.1, 0.15) is 23.5 Å². The quantitative estimate of drug-likeness (QED) is 0.458. The zero-order chi connectivity index (χ0) is 13.0. The summed E-state index contributed by atoms with van der Waals surface area (Å²) >= 11 is 1.72. The van der Waals surface area contributed by atoms with Crippen molar-refractivity contribution in [3.8, 4) is 0 Å². The maximum absolute atomic E-state index is 4.64. The normalized spacial score (nSPS) is 11.4. The SMILES string of the molecule is Cc1csc(C(C)CN=C(N(C)C)N(C)C)n1.I. The van der Waals surface area contributed by atoms with Crippen LogP contribution < -0.4 is 0 Å². The van der Waals surface area contributed by atoms with Gasteiger partial charge in [-0.3, -0.25) is 4.99 Å². The predicted molar refractivity (Wildman–Crippen MR) is 90.4 cm³/mol. The Bertz CT molecular complexity index is 377. The molecule has 1 aromatic heterocycles. The zero-order valence-corrected chi connectivity index (χ0v) is 15.1. The lowest BCUT2D eigenvalue weighted by Gasteiger charge is -2.23. The van der Waals surface area contributed by atoms with Crippen LogP contribution in [0, 0.1) is 6.92 Å². The molecule has 1 rings (SSSR count). The first kappa shape index (κ1) is 17.6. The van der Waals surface area contributed by atoms with Crippen molar-refractivity contribution >= 4 is 41.3 Å². The number of aliphatic imine (C=N–C) groups is 1.